The van der Waals surface area contributed by atoms with Crippen LogP contribution in [0.25, 0.3) is 0 Å². The van der Waals surface area contributed by atoms with Crippen LogP contribution >= 0.6 is 0 Å². The van der Waals surface area contributed by atoms with Gasteiger partial charge in [0.25, 0.3) is 0 Å². The molecule has 1 unspecified atom stereocenters. The third-order valence-electron chi connectivity index (χ3n) is 4.21. The van der Waals surface area contributed by atoms with Crippen LogP contribution in [0.2, 0.25) is 0 Å². The van der Waals surface area contributed by atoms with Crippen molar-refractivity contribution in [3.8, 4) is 0 Å². The zero-order valence-corrected chi connectivity index (χ0v) is 13.1. The number of benzene rings is 2. The van der Waals surface area contributed by atoms with Gasteiger partial charge in [-0.15, -0.1) is 0 Å². The van der Waals surface area contributed by atoms with Crippen molar-refractivity contribution in [1.82, 2.24) is 0 Å². The molecule has 114 valence electrons. The largest absolute Gasteiger partial charge is 0.464 e. The fourth-order valence-corrected chi connectivity index (χ4v) is 3.12. The minimum absolute atomic E-state index is 0.297. The van der Waals surface area contributed by atoms with Gasteiger partial charge in [-0.05, 0) is 43.0 Å². The first kappa shape index (κ1) is 14.8. The number of aryl methyl sites for hydroxylation is 2. The standard InChI is InChI=1S/C19H20O3/c1-4-21-18(20)17-19(22-17,15-11-7-5-9-13(15)2)16-12-8-6-10-14(16)3/h5-12,17H,4H2,1-3H3. The number of esters is 1. The summed E-state index contributed by atoms with van der Waals surface area (Å²) in [6, 6.07) is 16.1. The predicted octanol–water partition coefficient (Wildman–Crippen LogP) is 3.51. The van der Waals surface area contributed by atoms with Crippen LogP contribution in [0.15, 0.2) is 48.5 Å². The Hall–Kier alpha value is -2.13. The lowest BCUT2D eigenvalue weighted by molar-refractivity contribution is -0.144. The quantitative estimate of drug-likeness (QED) is 0.640. The van der Waals surface area contributed by atoms with Gasteiger partial charge in [0.05, 0.1) is 6.61 Å². The third kappa shape index (κ3) is 2.22. The van der Waals surface area contributed by atoms with Crippen molar-refractivity contribution in [3.63, 3.8) is 0 Å². The number of rotatable bonds is 4. The second kappa shape index (κ2) is 5.58. The highest BCUT2D eigenvalue weighted by Crippen LogP contribution is 2.53. The van der Waals surface area contributed by atoms with Crippen molar-refractivity contribution in [1.29, 1.82) is 0 Å². The van der Waals surface area contributed by atoms with Crippen LogP contribution < -0.4 is 0 Å². The van der Waals surface area contributed by atoms with Gasteiger partial charge in [-0.3, -0.25) is 0 Å². The van der Waals surface area contributed by atoms with E-state index < -0.39 is 11.7 Å². The normalized spacial score (nSPS) is 18.8. The molecule has 22 heavy (non-hydrogen) atoms. The summed E-state index contributed by atoms with van der Waals surface area (Å²) in [6.45, 7) is 6.25. The Morgan fingerprint density at radius 2 is 1.55 bits per heavy atom. The Balaban J connectivity index is 2.12. The molecule has 2 aromatic rings. The van der Waals surface area contributed by atoms with Crippen LogP contribution in [-0.2, 0) is 19.9 Å². The van der Waals surface area contributed by atoms with Crippen LogP contribution in [0.1, 0.15) is 29.2 Å². The molecule has 0 saturated carbocycles. The molecule has 3 rings (SSSR count). The lowest BCUT2D eigenvalue weighted by Gasteiger charge is -2.18. The molecule has 3 nitrogen and oxygen atoms in total. The van der Waals surface area contributed by atoms with E-state index >= 15 is 0 Å². The Labute approximate surface area is 130 Å². The first-order valence-electron chi connectivity index (χ1n) is 7.58. The Kier molecular flexibility index (Phi) is 3.75. The van der Waals surface area contributed by atoms with E-state index in [4.69, 9.17) is 9.47 Å². The van der Waals surface area contributed by atoms with Gasteiger partial charge in [-0.1, -0.05) is 48.5 Å². The Bertz CT molecular complexity index is 660. The number of hydrogen-bond donors (Lipinski definition) is 0. The van der Waals surface area contributed by atoms with E-state index in [1.807, 2.05) is 69.3 Å². The van der Waals surface area contributed by atoms with Gasteiger partial charge in [0.1, 0.15) is 0 Å². The van der Waals surface area contributed by atoms with Crippen LogP contribution in [0.4, 0.5) is 0 Å². The maximum Gasteiger partial charge on any atom is 0.339 e. The number of carbonyl (C=O) groups excluding carboxylic acids is 1. The van der Waals surface area contributed by atoms with E-state index in [1.165, 1.54) is 0 Å². The summed E-state index contributed by atoms with van der Waals surface area (Å²) in [5, 5.41) is 0. The first-order valence-corrected chi connectivity index (χ1v) is 7.58. The van der Waals surface area contributed by atoms with Crippen LogP contribution in [0.3, 0.4) is 0 Å². The summed E-state index contributed by atoms with van der Waals surface area (Å²) in [5.74, 6) is -0.297. The Morgan fingerprint density at radius 1 is 1.05 bits per heavy atom. The summed E-state index contributed by atoms with van der Waals surface area (Å²) >= 11 is 0. The minimum Gasteiger partial charge on any atom is -0.464 e. The maximum atomic E-state index is 12.2. The fraction of sp³-hybridized carbons (Fsp3) is 0.316. The predicted molar refractivity (Wildman–Crippen MR) is 84.6 cm³/mol. The highest BCUT2D eigenvalue weighted by Gasteiger charge is 2.64. The van der Waals surface area contributed by atoms with Crippen LogP contribution in [-0.4, -0.2) is 18.7 Å². The van der Waals surface area contributed by atoms with Crippen molar-refractivity contribution in [2.45, 2.75) is 32.5 Å². The van der Waals surface area contributed by atoms with E-state index in [2.05, 4.69) is 0 Å². The van der Waals surface area contributed by atoms with Crippen molar-refractivity contribution < 1.29 is 14.3 Å². The summed E-state index contributed by atoms with van der Waals surface area (Å²) < 4.78 is 11.2. The molecule has 1 saturated heterocycles. The topological polar surface area (TPSA) is 38.8 Å². The molecule has 1 aliphatic heterocycles. The Morgan fingerprint density at radius 3 is 2.00 bits per heavy atom. The lowest BCUT2D eigenvalue weighted by Crippen LogP contribution is -2.24. The van der Waals surface area contributed by atoms with E-state index in [9.17, 15) is 4.79 Å². The number of ether oxygens (including phenoxy) is 2. The molecule has 1 fully saturated rings. The molecule has 0 spiro atoms. The van der Waals surface area contributed by atoms with Gasteiger partial charge in [-0.25, -0.2) is 4.79 Å². The van der Waals surface area contributed by atoms with E-state index in [0.717, 1.165) is 22.3 Å². The highest BCUT2D eigenvalue weighted by atomic mass is 16.7. The van der Waals surface area contributed by atoms with E-state index in [0.29, 0.717) is 6.61 Å². The van der Waals surface area contributed by atoms with Gasteiger partial charge in [0.15, 0.2) is 11.7 Å². The van der Waals surface area contributed by atoms with Gasteiger partial charge in [-0.2, -0.15) is 0 Å². The average molecular weight is 296 g/mol. The monoisotopic (exact) mass is 296 g/mol. The van der Waals surface area contributed by atoms with Gasteiger partial charge >= 0.3 is 5.97 Å². The molecule has 1 heterocycles. The van der Waals surface area contributed by atoms with Crippen molar-refractivity contribution >= 4 is 5.97 Å². The molecular formula is C19H20O3. The molecule has 0 radical (unpaired) electrons. The number of epoxide rings is 1. The first-order chi connectivity index (χ1) is 10.6. The summed E-state index contributed by atoms with van der Waals surface area (Å²) in [6.07, 6.45) is -0.574. The minimum atomic E-state index is -0.719. The van der Waals surface area contributed by atoms with E-state index in [1.54, 1.807) is 0 Å². The number of hydrogen-bond acceptors (Lipinski definition) is 3. The smallest absolute Gasteiger partial charge is 0.339 e. The molecular weight excluding hydrogens is 276 g/mol. The second-order valence-corrected chi connectivity index (χ2v) is 5.62. The number of carbonyl (C=O) groups is 1. The SMILES string of the molecule is CCOC(=O)C1OC1(c1ccccc1C)c1ccccc1C. The molecule has 1 aliphatic rings. The highest BCUT2D eigenvalue weighted by molar-refractivity contribution is 5.82. The van der Waals surface area contributed by atoms with Crippen molar-refractivity contribution in [2.24, 2.45) is 0 Å². The van der Waals surface area contributed by atoms with Gasteiger partial charge in [0.2, 0.25) is 0 Å². The van der Waals surface area contributed by atoms with Crippen LogP contribution in [0.5, 0.6) is 0 Å². The molecule has 3 heteroatoms. The summed E-state index contributed by atoms with van der Waals surface area (Å²) in [7, 11) is 0. The van der Waals surface area contributed by atoms with Gasteiger partial charge in [0, 0.05) is 0 Å². The second-order valence-electron chi connectivity index (χ2n) is 5.62. The van der Waals surface area contributed by atoms with E-state index in [-0.39, 0.29) is 5.97 Å². The average Bonchev–Trinajstić information content (AvgIpc) is 3.25. The van der Waals surface area contributed by atoms with Gasteiger partial charge < -0.3 is 9.47 Å². The summed E-state index contributed by atoms with van der Waals surface area (Å²) in [4.78, 5) is 12.2. The zero-order valence-electron chi connectivity index (χ0n) is 13.1. The molecule has 1 atom stereocenters. The molecule has 0 amide bonds. The molecule has 2 aromatic carbocycles. The van der Waals surface area contributed by atoms with Crippen molar-refractivity contribution in [2.75, 3.05) is 6.61 Å². The molecule has 0 aromatic heterocycles. The van der Waals surface area contributed by atoms with Crippen LogP contribution in [0, 0.1) is 13.8 Å². The molecule has 0 bridgehead atoms. The lowest BCUT2D eigenvalue weighted by atomic mass is 9.83. The van der Waals surface area contributed by atoms with Crippen molar-refractivity contribution in [3.05, 3.63) is 70.8 Å². The summed E-state index contributed by atoms with van der Waals surface area (Å²) in [5.41, 5.74) is 3.56. The zero-order chi connectivity index (χ0) is 15.7. The molecule has 0 aliphatic carbocycles. The maximum absolute atomic E-state index is 12.2. The fourth-order valence-electron chi connectivity index (χ4n) is 3.12. The third-order valence-corrected chi connectivity index (χ3v) is 4.21. The molecule has 0 N–H and O–H groups in total.